The smallest absolute Gasteiger partial charge is 0.254 e. The van der Waals surface area contributed by atoms with Gasteiger partial charge in [-0.1, -0.05) is 30.3 Å². The molecule has 3 nitrogen and oxygen atoms in total. The predicted molar refractivity (Wildman–Crippen MR) is 68.5 cm³/mol. The van der Waals surface area contributed by atoms with E-state index in [1.165, 1.54) is 0 Å². The molecule has 0 aromatic heterocycles. The zero-order chi connectivity index (χ0) is 12.7. The SMILES string of the molecule is CN1C(=O)c2ccccc2C1c1ccc(O)cc1. The number of phenolic OH excluding ortho intramolecular Hbond substituents is 1. The van der Waals surface area contributed by atoms with Gasteiger partial charge in [-0.3, -0.25) is 4.79 Å². The monoisotopic (exact) mass is 239 g/mol. The normalized spacial score (nSPS) is 17.9. The van der Waals surface area contributed by atoms with Gasteiger partial charge in [-0.2, -0.15) is 0 Å². The van der Waals surface area contributed by atoms with Crippen LogP contribution in [0.2, 0.25) is 0 Å². The predicted octanol–water partition coefficient (Wildman–Crippen LogP) is 2.57. The third-order valence-electron chi connectivity index (χ3n) is 3.40. The van der Waals surface area contributed by atoms with Crippen molar-refractivity contribution in [3.63, 3.8) is 0 Å². The van der Waals surface area contributed by atoms with Gasteiger partial charge in [0.25, 0.3) is 5.91 Å². The molecule has 1 N–H and O–H groups in total. The van der Waals surface area contributed by atoms with Crippen LogP contribution < -0.4 is 0 Å². The van der Waals surface area contributed by atoms with Crippen LogP contribution in [0.4, 0.5) is 0 Å². The number of nitrogens with zero attached hydrogens (tertiary/aromatic N) is 1. The highest BCUT2D eigenvalue weighted by Crippen LogP contribution is 2.37. The molecule has 0 bridgehead atoms. The molecular weight excluding hydrogens is 226 g/mol. The van der Waals surface area contributed by atoms with Crippen molar-refractivity contribution in [1.82, 2.24) is 4.90 Å². The standard InChI is InChI=1S/C15H13NO2/c1-16-14(10-6-8-11(17)9-7-10)12-4-2-3-5-13(12)15(16)18/h2-9,14,17H,1H3. The highest BCUT2D eigenvalue weighted by atomic mass is 16.3. The third-order valence-corrected chi connectivity index (χ3v) is 3.40. The van der Waals surface area contributed by atoms with Gasteiger partial charge in [0, 0.05) is 12.6 Å². The van der Waals surface area contributed by atoms with Gasteiger partial charge in [-0.05, 0) is 29.3 Å². The van der Waals surface area contributed by atoms with E-state index in [1.54, 1.807) is 24.1 Å². The molecule has 0 saturated heterocycles. The Morgan fingerprint density at radius 2 is 1.72 bits per heavy atom. The number of hydrogen-bond donors (Lipinski definition) is 1. The molecule has 0 fully saturated rings. The topological polar surface area (TPSA) is 40.5 Å². The average molecular weight is 239 g/mol. The van der Waals surface area contributed by atoms with Crippen LogP contribution in [0.25, 0.3) is 0 Å². The van der Waals surface area contributed by atoms with E-state index >= 15 is 0 Å². The molecule has 2 aromatic carbocycles. The van der Waals surface area contributed by atoms with Gasteiger partial charge >= 0.3 is 0 Å². The number of amides is 1. The number of carbonyl (C=O) groups is 1. The van der Waals surface area contributed by atoms with Gasteiger partial charge in [-0.15, -0.1) is 0 Å². The average Bonchev–Trinajstić information content (AvgIpc) is 2.64. The molecule has 1 unspecified atom stereocenters. The van der Waals surface area contributed by atoms with Crippen molar-refractivity contribution in [3.05, 3.63) is 65.2 Å². The summed E-state index contributed by atoms with van der Waals surface area (Å²) in [5.74, 6) is 0.280. The van der Waals surface area contributed by atoms with Crippen molar-refractivity contribution in [2.75, 3.05) is 7.05 Å². The van der Waals surface area contributed by atoms with Crippen LogP contribution in [0.1, 0.15) is 27.5 Å². The largest absolute Gasteiger partial charge is 0.508 e. The summed E-state index contributed by atoms with van der Waals surface area (Å²) in [4.78, 5) is 13.9. The summed E-state index contributed by atoms with van der Waals surface area (Å²) < 4.78 is 0. The number of rotatable bonds is 1. The van der Waals surface area contributed by atoms with E-state index in [4.69, 9.17) is 0 Å². The van der Waals surface area contributed by atoms with E-state index in [0.29, 0.717) is 0 Å². The van der Waals surface area contributed by atoms with Crippen molar-refractivity contribution in [3.8, 4) is 5.75 Å². The van der Waals surface area contributed by atoms with Crippen LogP contribution >= 0.6 is 0 Å². The lowest BCUT2D eigenvalue weighted by molar-refractivity contribution is 0.0793. The Morgan fingerprint density at radius 3 is 2.44 bits per heavy atom. The van der Waals surface area contributed by atoms with Crippen LogP contribution in [0.5, 0.6) is 5.75 Å². The highest BCUT2D eigenvalue weighted by molar-refractivity contribution is 5.99. The van der Waals surface area contributed by atoms with Crippen molar-refractivity contribution in [1.29, 1.82) is 0 Å². The maximum atomic E-state index is 12.1. The molecule has 18 heavy (non-hydrogen) atoms. The number of hydrogen-bond acceptors (Lipinski definition) is 2. The first-order chi connectivity index (χ1) is 8.68. The summed E-state index contributed by atoms with van der Waals surface area (Å²) in [7, 11) is 1.81. The van der Waals surface area contributed by atoms with E-state index in [1.807, 2.05) is 36.4 Å². The minimum atomic E-state index is -0.0608. The zero-order valence-electron chi connectivity index (χ0n) is 10.00. The molecule has 2 aromatic rings. The van der Waals surface area contributed by atoms with Gasteiger partial charge in [0.15, 0.2) is 0 Å². The second-order valence-corrected chi connectivity index (χ2v) is 4.50. The first-order valence-corrected chi connectivity index (χ1v) is 5.83. The Morgan fingerprint density at radius 1 is 1.06 bits per heavy atom. The van der Waals surface area contributed by atoms with Gasteiger partial charge in [0.1, 0.15) is 5.75 Å². The fourth-order valence-electron chi connectivity index (χ4n) is 2.51. The Kier molecular flexibility index (Phi) is 2.33. The lowest BCUT2D eigenvalue weighted by atomic mass is 9.98. The Labute approximate surface area is 105 Å². The van der Waals surface area contributed by atoms with Crippen LogP contribution in [-0.2, 0) is 0 Å². The van der Waals surface area contributed by atoms with Gasteiger partial charge in [0.05, 0.1) is 6.04 Å². The number of carbonyl (C=O) groups excluding carboxylic acids is 1. The van der Waals surface area contributed by atoms with Crippen molar-refractivity contribution in [2.45, 2.75) is 6.04 Å². The summed E-state index contributed by atoms with van der Waals surface area (Å²) in [5.41, 5.74) is 2.79. The summed E-state index contributed by atoms with van der Waals surface area (Å²) in [6.07, 6.45) is 0. The molecule has 0 radical (unpaired) electrons. The van der Waals surface area contributed by atoms with E-state index in [-0.39, 0.29) is 17.7 Å². The van der Waals surface area contributed by atoms with Crippen molar-refractivity contribution < 1.29 is 9.90 Å². The number of aromatic hydroxyl groups is 1. The molecule has 1 atom stereocenters. The van der Waals surface area contributed by atoms with Crippen molar-refractivity contribution in [2.24, 2.45) is 0 Å². The molecule has 1 aliphatic heterocycles. The first kappa shape index (κ1) is 10.8. The van der Waals surface area contributed by atoms with E-state index < -0.39 is 0 Å². The summed E-state index contributed by atoms with van der Waals surface area (Å²) in [6, 6.07) is 14.6. The number of benzene rings is 2. The maximum Gasteiger partial charge on any atom is 0.254 e. The summed E-state index contributed by atoms with van der Waals surface area (Å²) in [5, 5.41) is 9.33. The Bertz CT molecular complexity index is 604. The van der Waals surface area contributed by atoms with E-state index in [0.717, 1.165) is 16.7 Å². The molecule has 1 amide bonds. The van der Waals surface area contributed by atoms with Crippen molar-refractivity contribution >= 4 is 5.91 Å². The zero-order valence-corrected chi connectivity index (χ0v) is 10.00. The highest BCUT2D eigenvalue weighted by Gasteiger charge is 2.34. The molecule has 3 rings (SSSR count). The van der Waals surface area contributed by atoms with Gasteiger partial charge in [-0.25, -0.2) is 0 Å². The minimum absolute atomic E-state index is 0.0451. The van der Waals surface area contributed by atoms with Crippen LogP contribution in [0, 0.1) is 0 Å². The molecule has 1 heterocycles. The lowest BCUT2D eigenvalue weighted by Gasteiger charge is -2.21. The minimum Gasteiger partial charge on any atom is -0.508 e. The molecule has 1 aliphatic rings. The molecule has 0 spiro atoms. The maximum absolute atomic E-state index is 12.1. The Hall–Kier alpha value is -2.29. The second-order valence-electron chi connectivity index (χ2n) is 4.50. The fourth-order valence-corrected chi connectivity index (χ4v) is 2.51. The summed E-state index contributed by atoms with van der Waals surface area (Å²) in [6.45, 7) is 0. The van der Waals surface area contributed by atoms with Crippen LogP contribution in [0.15, 0.2) is 48.5 Å². The lowest BCUT2D eigenvalue weighted by Crippen LogP contribution is -2.23. The summed E-state index contributed by atoms with van der Waals surface area (Å²) >= 11 is 0. The van der Waals surface area contributed by atoms with E-state index in [9.17, 15) is 9.90 Å². The molecular formula is C15H13NO2. The molecule has 0 aliphatic carbocycles. The number of phenols is 1. The van der Waals surface area contributed by atoms with Gasteiger partial charge < -0.3 is 10.0 Å². The van der Waals surface area contributed by atoms with Crippen LogP contribution in [0.3, 0.4) is 0 Å². The third kappa shape index (κ3) is 1.48. The van der Waals surface area contributed by atoms with Crippen LogP contribution in [-0.4, -0.2) is 23.0 Å². The van der Waals surface area contributed by atoms with Gasteiger partial charge in [0.2, 0.25) is 0 Å². The molecule has 3 heteroatoms. The van der Waals surface area contributed by atoms with E-state index in [2.05, 4.69) is 0 Å². The first-order valence-electron chi connectivity index (χ1n) is 5.83. The molecule has 90 valence electrons. The quantitative estimate of drug-likeness (QED) is 0.830. The fraction of sp³-hybridized carbons (Fsp3) is 0.133. The Balaban J connectivity index is 2.13. The molecule has 0 saturated carbocycles. The second kappa shape index (κ2) is 3.88. The number of fused-ring (bicyclic) bond motifs is 1.